The van der Waals surface area contributed by atoms with Gasteiger partial charge in [0.15, 0.2) is 0 Å². The lowest BCUT2D eigenvalue weighted by Gasteiger charge is -2.24. The minimum absolute atomic E-state index is 0.0501. The highest BCUT2D eigenvalue weighted by molar-refractivity contribution is 7.90. The Hall–Kier alpha value is -1.97. The molecule has 2 saturated heterocycles. The second-order valence-electron chi connectivity index (χ2n) is 7.34. The molecule has 2 aliphatic heterocycles. The van der Waals surface area contributed by atoms with E-state index in [9.17, 15) is 8.42 Å². The summed E-state index contributed by atoms with van der Waals surface area (Å²) in [4.78, 5) is 5.59. The van der Waals surface area contributed by atoms with Gasteiger partial charge in [-0.1, -0.05) is 30.3 Å². The van der Waals surface area contributed by atoms with Crippen molar-refractivity contribution in [1.82, 2.24) is 9.79 Å². The van der Waals surface area contributed by atoms with Gasteiger partial charge in [0.25, 0.3) is 0 Å². The molecule has 0 bridgehead atoms. The molecule has 0 radical (unpaired) electrons. The van der Waals surface area contributed by atoms with Crippen LogP contribution < -0.4 is 9.46 Å². The molecule has 2 aliphatic rings. The van der Waals surface area contributed by atoms with E-state index in [0.717, 1.165) is 24.2 Å². The van der Waals surface area contributed by atoms with Crippen LogP contribution in [0.2, 0.25) is 0 Å². The smallest absolute Gasteiger partial charge is 0.218 e. The van der Waals surface area contributed by atoms with E-state index in [1.54, 1.807) is 12.1 Å². The Morgan fingerprint density at radius 2 is 1.93 bits per heavy atom. The summed E-state index contributed by atoms with van der Waals surface area (Å²) < 4.78 is 40.1. The fourth-order valence-electron chi connectivity index (χ4n) is 3.79. The number of para-hydroxylation sites is 1. The predicted molar refractivity (Wildman–Crippen MR) is 109 cm³/mol. The van der Waals surface area contributed by atoms with Crippen LogP contribution in [0.3, 0.4) is 0 Å². The van der Waals surface area contributed by atoms with E-state index >= 15 is 0 Å². The highest BCUT2D eigenvalue weighted by atomic mass is 32.2. The van der Waals surface area contributed by atoms with Crippen molar-refractivity contribution in [1.29, 1.82) is 0 Å². The average molecular weight is 419 g/mol. The van der Waals surface area contributed by atoms with E-state index in [1.807, 2.05) is 54.6 Å². The molecule has 2 heterocycles. The Bertz CT molecular complexity index is 916. The third-order valence-corrected chi connectivity index (χ3v) is 7.06. The van der Waals surface area contributed by atoms with Gasteiger partial charge in [0.05, 0.1) is 18.8 Å². The van der Waals surface area contributed by atoms with Gasteiger partial charge in [0.1, 0.15) is 16.7 Å². The van der Waals surface area contributed by atoms with Gasteiger partial charge in [-0.25, -0.2) is 13.1 Å². The molecule has 0 saturated carbocycles. The number of ether oxygens (including phenoxy) is 2. The van der Waals surface area contributed by atoms with Crippen molar-refractivity contribution in [2.75, 3.05) is 26.8 Å². The number of hydrogen-bond donors (Lipinski definition) is 1. The molecule has 0 aromatic heterocycles. The maximum atomic E-state index is 13.0. The van der Waals surface area contributed by atoms with Crippen LogP contribution in [0.25, 0.3) is 0 Å². The van der Waals surface area contributed by atoms with E-state index in [-0.39, 0.29) is 12.7 Å². The first-order valence-electron chi connectivity index (χ1n) is 9.81. The molecule has 0 spiro atoms. The van der Waals surface area contributed by atoms with Gasteiger partial charge in [-0.2, -0.15) is 5.06 Å². The first-order chi connectivity index (χ1) is 14.0. The summed E-state index contributed by atoms with van der Waals surface area (Å²) >= 11 is 0. The fraction of sp³-hybridized carbons (Fsp3) is 0.429. The zero-order valence-electron chi connectivity index (χ0n) is 16.4. The molecule has 0 amide bonds. The summed E-state index contributed by atoms with van der Waals surface area (Å²) in [6.45, 7) is 1.09. The Kier molecular flexibility index (Phi) is 6.17. The van der Waals surface area contributed by atoms with E-state index < -0.39 is 21.3 Å². The third-order valence-electron chi connectivity index (χ3n) is 5.30. The van der Waals surface area contributed by atoms with Gasteiger partial charge in [-0.15, -0.1) is 0 Å². The van der Waals surface area contributed by atoms with Gasteiger partial charge in [0.2, 0.25) is 10.0 Å². The quantitative estimate of drug-likeness (QED) is 0.745. The first kappa shape index (κ1) is 20.3. The van der Waals surface area contributed by atoms with Crippen LogP contribution >= 0.6 is 0 Å². The Morgan fingerprint density at radius 3 is 2.69 bits per heavy atom. The molecular formula is C21H26N2O5S. The number of rotatable bonds is 7. The molecule has 4 rings (SSSR count). The molecule has 2 aromatic carbocycles. The lowest BCUT2D eigenvalue weighted by Crippen LogP contribution is -2.42. The second kappa shape index (κ2) is 8.81. The molecule has 3 atom stereocenters. The van der Waals surface area contributed by atoms with Crippen LogP contribution in [0.5, 0.6) is 11.5 Å². The number of sulfonamides is 1. The lowest BCUT2D eigenvalue weighted by molar-refractivity contribution is -0.110. The summed E-state index contributed by atoms with van der Waals surface area (Å²) in [5, 5.41) is 0.887. The van der Waals surface area contributed by atoms with Gasteiger partial charge in [-0.05, 0) is 42.7 Å². The first-order valence-corrected chi connectivity index (χ1v) is 11.4. The summed E-state index contributed by atoms with van der Waals surface area (Å²) in [6.07, 6.45) is 1.80. The topological polar surface area (TPSA) is 77.1 Å². The SMILES string of the molecule is CN1OC[C@H](S(=O)(=O)NC[C@@H]2CCCO2)[C@H]1c1cccc(Oc2ccccc2)c1. The van der Waals surface area contributed by atoms with Crippen molar-refractivity contribution in [2.45, 2.75) is 30.2 Å². The summed E-state index contributed by atoms with van der Waals surface area (Å²) in [7, 11) is -1.83. The zero-order valence-corrected chi connectivity index (χ0v) is 17.2. The summed E-state index contributed by atoms with van der Waals surface area (Å²) in [5.74, 6) is 1.38. The molecule has 2 fully saturated rings. The van der Waals surface area contributed by atoms with Crippen LogP contribution in [-0.2, 0) is 19.6 Å². The molecule has 0 unspecified atom stereocenters. The number of benzene rings is 2. The van der Waals surface area contributed by atoms with Crippen molar-refractivity contribution in [3.05, 3.63) is 60.2 Å². The number of hydroxylamine groups is 2. The Balaban J connectivity index is 1.51. The molecule has 2 aromatic rings. The van der Waals surface area contributed by atoms with Gasteiger partial charge >= 0.3 is 0 Å². The molecule has 8 heteroatoms. The lowest BCUT2D eigenvalue weighted by atomic mass is 10.0. The van der Waals surface area contributed by atoms with Crippen molar-refractivity contribution in [3.63, 3.8) is 0 Å². The maximum absolute atomic E-state index is 13.0. The minimum Gasteiger partial charge on any atom is -0.457 e. The largest absolute Gasteiger partial charge is 0.457 e. The van der Waals surface area contributed by atoms with E-state index in [4.69, 9.17) is 14.3 Å². The number of nitrogens with zero attached hydrogens (tertiary/aromatic N) is 1. The third kappa shape index (κ3) is 4.79. The maximum Gasteiger partial charge on any atom is 0.218 e. The molecular weight excluding hydrogens is 392 g/mol. The highest BCUT2D eigenvalue weighted by Crippen LogP contribution is 2.35. The van der Waals surface area contributed by atoms with Crippen LogP contribution in [0, 0.1) is 0 Å². The van der Waals surface area contributed by atoms with Crippen molar-refractivity contribution >= 4 is 10.0 Å². The van der Waals surface area contributed by atoms with E-state index in [1.165, 1.54) is 0 Å². The molecule has 7 nitrogen and oxygen atoms in total. The van der Waals surface area contributed by atoms with Crippen LogP contribution in [-0.4, -0.2) is 51.6 Å². The van der Waals surface area contributed by atoms with Crippen LogP contribution in [0.1, 0.15) is 24.4 Å². The second-order valence-corrected chi connectivity index (χ2v) is 9.33. The fourth-order valence-corrected chi connectivity index (χ4v) is 5.33. The van der Waals surface area contributed by atoms with Crippen molar-refractivity contribution in [3.8, 4) is 11.5 Å². The monoisotopic (exact) mass is 418 g/mol. The number of hydrogen-bond acceptors (Lipinski definition) is 6. The number of nitrogens with one attached hydrogen (secondary N) is 1. The van der Waals surface area contributed by atoms with Gasteiger partial charge < -0.3 is 9.47 Å². The average Bonchev–Trinajstić information content (AvgIpc) is 3.37. The highest BCUT2D eigenvalue weighted by Gasteiger charge is 2.43. The predicted octanol–water partition coefficient (Wildman–Crippen LogP) is 2.86. The zero-order chi connectivity index (χ0) is 20.3. The Morgan fingerprint density at radius 1 is 1.14 bits per heavy atom. The Labute approximate surface area is 171 Å². The molecule has 1 N–H and O–H groups in total. The van der Waals surface area contributed by atoms with Crippen molar-refractivity contribution < 1.29 is 22.7 Å². The van der Waals surface area contributed by atoms with Crippen LogP contribution in [0.15, 0.2) is 54.6 Å². The van der Waals surface area contributed by atoms with Crippen LogP contribution in [0.4, 0.5) is 0 Å². The summed E-state index contributed by atoms with van der Waals surface area (Å²) in [6, 6.07) is 16.5. The van der Waals surface area contributed by atoms with Gasteiger partial charge in [0, 0.05) is 20.2 Å². The van der Waals surface area contributed by atoms with Crippen molar-refractivity contribution in [2.24, 2.45) is 0 Å². The molecule has 0 aliphatic carbocycles. The minimum atomic E-state index is -3.59. The molecule has 156 valence electrons. The normalized spacial score (nSPS) is 25.3. The standard InChI is InChI=1S/C21H26N2O5S/c1-23-21(16-7-5-10-18(13-16)28-17-8-3-2-4-9-17)20(15-27-23)29(24,25)22-14-19-11-6-12-26-19/h2-5,7-10,13,19-22H,6,11-12,14-15H2,1H3/t19-,20-,21+/m0/s1. The van der Waals surface area contributed by atoms with E-state index in [0.29, 0.717) is 18.9 Å². The van der Waals surface area contributed by atoms with Gasteiger partial charge in [-0.3, -0.25) is 4.84 Å². The molecule has 29 heavy (non-hydrogen) atoms. The van der Waals surface area contributed by atoms with E-state index in [2.05, 4.69) is 4.72 Å². The summed E-state index contributed by atoms with van der Waals surface area (Å²) in [5.41, 5.74) is 0.825.